The van der Waals surface area contributed by atoms with Crippen molar-refractivity contribution in [3.8, 4) is 0 Å². The second-order valence-corrected chi connectivity index (χ2v) is 5.50. The van der Waals surface area contributed by atoms with Gasteiger partial charge in [0.25, 0.3) is 6.47 Å². The van der Waals surface area contributed by atoms with Gasteiger partial charge in [0, 0.05) is 24.7 Å². The van der Waals surface area contributed by atoms with Crippen molar-refractivity contribution in [2.75, 3.05) is 19.7 Å². The molecule has 0 N–H and O–H groups in total. The van der Waals surface area contributed by atoms with Gasteiger partial charge in [-0.05, 0) is 25.7 Å². The molecule has 5 nitrogen and oxygen atoms in total. The molecule has 2 rings (SSSR count). The molecule has 0 spiro atoms. The minimum atomic E-state index is -0.382. The van der Waals surface area contributed by atoms with E-state index in [2.05, 4.69) is 4.90 Å². The Morgan fingerprint density at radius 1 is 1.39 bits per heavy atom. The molecule has 5 heteroatoms. The first kappa shape index (κ1) is 17.2. The Balaban J connectivity index is 2.03. The lowest BCUT2D eigenvalue weighted by Crippen LogP contribution is -2.38. The predicted octanol–water partition coefficient (Wildman–Crippen LogP) is 2.69. The van der Waals surface area contributed by atoms with Crippen LogP contribution in [0.15, 0.2) is 42.5 Å². The molecule has 1 aliphatic heterocycles. The van der Waals surface area contributed by atoms with Crippen molar-refractivity contribution in [2.24, 2.45) is 5.92 Å². The van der Waals surface area contributed by atoms with Gasteiger partial charge in [-0.2, -0.15) is 0 Å². The van der Waals surface area contributed by atoms with Gasteiger partial charge in [0.1, 0.15) is 0 Å². The number of piperidine rings is 1. The molecule has 2 atom stereocenters. The molecule has 2 unspecified atom stereocenters. The molecule has 1 saturated heterocycles. The van der Waals surface area contributed by atoms with Crippen LogP contribution in [0.5, 0.6) is 0 Å². The van der Waals surface area contributed by atoms with E-state index in [-0.39, 0.29) is 18.1 Å². The number of benzene rings is 1. The molecule has 0 saturated carbocycles. The summed E-state index contributed by atoms with van der Waals surface area (Å²) in [7, 11) is 0. The van der Waals surface area contributed by atoms with Gasteiger partial charge in [-0.1, -0.05) is 36.4 Å². The van der Waals surface area contributed by atoms with Crippen molar-refractivity contribution in [2.45, 2.75) is 26.0 Å². The Hall–Kier alpha value is -2.14. The van der Waals surface area contributed by atoms with Crippen molar-refractivity contribution in [1.29, 1.82) is 0 Å². The molecule has 1 heterocycles. The maximum atomic E-state index is 11.4. The summed E-state index contributed by atoms with van der Waals surface area (Å²) >= 11 is 0. The number of carbonyl (C=O) groups excluding carboxylic acids is 2. The van der Waals surface area contributed by atoms with E-state index in [1.807, 2.05) is 36.4 Å². The third-order valence-corrected chi connectivity index (χ3v) is 3.88. The fourth-order valence-corrected chi connectivity index (χ4v) is 2.86. The Labute approximate surface area is 136 Å². The van der Waals surface area contributed by atoms with E-state index in [0.29, 0.717) is 13.1 Å². The van der Waals surface area contributed by atoms with Crippen molar-refractivity contribution in [3.63, 3.8) is 0 Å². The van der Waals surface area contributed by atoms with Gasteiger partial charge in [0.05, 0.1) is 6.61 Å². The van der Waals surface area contributed by atoms with E-state index in [1.165, 1.54) is 6.08 Å². The molecule has 23 heavy (non-hydrogen) atoms. The topological polar surface area (TPSA) is 55.8 Å². The van der Waals surface area contributed by atoms with Crippen molar-refractivity contribution < 1.29 is 19.1 Å². The van der Waals surface area contributed by atoms with E-state index < -0.39 is 0 Å². The molecule has 1 aliphatic rings. The number of nitrogens with zero attached hydrogens (tertiary/aromatic N) is 1. The number of esters is 1. The van der Waals surface area contributed by atoms with E-state index in [9.17, 15) is 9.59 Å². The first-order chi connectivity index (χ1) is 11.2. The van der Waals surface area contributed by atoms with Crippen LogP contribution < -0.4 is 0 Å². The van der Waals surface area contributed by atoms with Crippen LogP contribution in [0.1, 0.15) is 31.6 Å². The second kappa shape index (κ2) is 9.10. The van der Waals surface area contributed by atoms with Gasteiger partial charge < -0.3 is 9.47 Å². The predicted molar refractivity (Wildman–Crippen MR) is 86.4 cm³/mol. The maximum Gasteiger partial charge on any atom is 0.330 e. The molecule has 1 fully saturated rings. The van der Waals surface area contributed by atoms with Crippen LogP contribution in [-0.2, 0) is 19.1 Å². The number of ether oxygens (including phenoxy) is 2. The van der Waals surface area contributed by atoms with Gasteiger partial charge in [-0.15, -0.1) is 0 Å². The molecule has 1 aromatic carbocycles. The summed E-state index contributed by atoms with van der Waals surface area (Å²) < 4.78 is 10.2. The van der Waals surface area contributed by atoms with Crippen LogP contribution in [0.4, 0.5) is 0 Å². The summed E-state index contributed by atoms with van der Waals surface area (Å²) in [5.41, 5.74) is 0.953. The molecule has 0 bridgehead atoms. The Morgan fingerprint density at radius 2 is 2.17 bits per heavy atom. The zero-order valence-electron chi connectivity index (χ0n) is 13.4. The molecular weight excluding hydrogens is 294 g/mol. The minimum absolute atomic E-state index is 0.245. The van der Waals surface area contributed by atoms with Crippen molar-refractivity contribution in [3.05, 3.63) is 48.0 Å². The van der Waals surface area contributed by atoms with Crippen LogP contribution >= 0.6 is 0 Å². The third kappa shape index (κ3) is 5.21. The molecule has 1 aromatic rings. The number of carbonyl (C=O) groups is 2. The Kier molecular flexibility index (Phi) is 6.81. The highest BCUT2D eigenvalue weighted by Gasteiger charge is 2.27. The first-order valence-electron chi connectivity index (χ1n) is 7.97. The lowest BCUT2D eigenvalue weighted by molar-refractivity contribution is -0.146. The Bertz CT molecular complexity index is 529. The maximum absolute atomic E-state index is 11.4. The Morgan fingerprint density at radius 3 is 2.87 bits per heavy atom. The molecule has 124 valence electrons. The van der Waals surface area contributed by atoms with Crippen LogP contribution in [-0.4, -0.2) is 37.0 Å². The fourth-order valence-electron chi connectivity index (χ4n) is 2.86. The molecular formula is C18H23NO4. The van der Waals surface area contributed by atoms with Gasteiger partial charge in [0.15, 0.2) is 6.23 Å². The first-order valence-corrected chi connectivity index (χ1v) is 7.97. The number of rotatable bonds is 7. The second-order valence-electron chi connectivity index (χ2n) is 5.50. The zero-order chi connectivity index (χ0) is 16.5. The zero-order valence-corrected chi connectivity index (χ0v) is 13.4. The van der Waals surface area contributed by atoms with Crippen LogP contribution in [0.25, 0.3) is 0 Å². The fraction of sp³-hybridized carbons (Fsp3) is 0.444. The summed E-state index contributed by atoms with van der Waals surface area (Å²) in [6, 6.07) is 9.69. The number of hydrogen-bond donors (Lipinski definition) is 0. The monoisotopic (exact) mass is 317 g/mol. The van der Waals surface area contributed by atoms with E-state index in [4.69, 9.17) is 9.47 Å². The molecule has 0 aromatic heterocycles. The average Bonchev–Trinajstić information content (AvgIpc) is 2.59. The molecule has 0 radical (unpaired) electrons. The smallest absolute Gasteiger partial charge is 0.330 e. The normalized spacial score (nSPS) is 20.1. The molecule has 0 amide bonds. The van der Waals surface area contributed by atoms with Crippen LogP contribution in [0, 0.1) is 5.92 Å². The van der Waals surface area contributed by atoms with Crippen LogP contribution in [0.3, 0.4) is 0 Å². The van der Waals surface area contributed by atoms with Crippen LogP contribution in [0.2, 0.25) is 0 Å². The highest BCUT2D eigenvalue weighted by Crippen LogP contribution is 2.28. The minimum Gasteiger partial charge on any atom is -0.463 e. The lowest BCUT2D eigenvalue weighted by atomic mass is 9.96. The summed E-state index contributed by atoms with van der Waals surface area (Å²) in [5, 5.41) is 0. The van der Waals surface area contributed by atoms with E-state index in [1.54, 1.807) is 6.92 Å². The SMILES string of the molecule is CCOC(=O)/C=C/C1CCCN(C(OC=O)c2ccccc2)C1. The molecule has 0 aliphatic carbocycles. The summed E-state index contributed by atoms with van der Waals surface area (Å²) in [6.07, 6.45) is 5.01. The van der Waals surface area contributed by atoms with E-state index in [0.717, 1.165) is 31.5 Å². The highest BCUT2D eigenvalue weighted by molar-refractivity contribution is 5.81. The quantitative estimate of drug-likeness (QED) is 0.440. The summed E-state index contributed by atoms with van der Waals surface area (Å²) in [5.74, 6) is -0.0667. The van der Waals surface area contributed by atoms with Crippen molar-refractivity contribution >= 4 is 12.4 Å². The third-order valence-electron chi connectivity index (χ3n) is 3.88. The summed E-state index contributed by atoms with van der Waals surface area (Å²) in [4.78, 5) is 24.4. The van der Waals surface area contributed by atoms with Gasteiger partial charge >= 0.3 is 5.97 Å². The lowest BCUT2D eigenvalue weighted by Gasteiger charge is -2.36. The highest BCUT2D eigenvalue weighted by atomic mass is 16.5. The summed E-state index contributed by atoms with van der Waals surface area (Å²) in [6.45, 7) is 4.26. The number of likely N-dealkylation sites (tertiary alicyclic amines) is 1. The van der Waals surface area contributed by atoms with E-state index >= 15 is 0 Å². The number of hydrogen-bond acceptors (Lipinski definition) is 5. The van der Waals surface area contributed by atoms with Gasteiger partial charge in [-0.3, -0.25) is 9.69 Å². The largest absolute Gasteiger partial charge is 0.463 e. The van der Waals surface area contributed by atoms with Crippen molar-refractivity contribution in [1.82, 2.24) is 4.90 Å². The average molecular weight is 317 g/mol. The standard InChI is InChI=1S/C18H23NO4/c1-2-22-17(21)11-10-15-7-6-12-19(13-15)18(23-14-20)16-8-4-3-5-9-16/h3-5,8-11,14-15,18H,2,6-7,12-13H2,1H3/b11-10+. The van der Waals surface area contributed by atoms with Gasteiger partial charge in [0.2, 0.25) is 0 Å². The van der Waals surface area contributed by atoms with Gasteiger partial charge in [-0.25, -0.2) is 4.79 Å².